The van der Waals surface area contributed by atoms with Gasteiger partial charge in [-0.25, -0.2) is 0 Å². The fourth-order valence-corrected chi connectivity index (χ4v) is 2.80. The summed E-state index contributed by atoms with van der Waals surface area (Å²) in [6.07, 6.45) is 0. The van der Waals surface area contributed by atoms with E-state index in [1.54, 1.807) is 12.1 Å². The largest absolute Gasteiger partial charge is 0.489 e. The number of nitrogens with zero attached hydrogens (tertiary/aromatic N) is 1. The van der Waals surface area contributed by atoms with Gasteiger partial charge in [-0.1, -0.05) is 29.8 Å². The van der Waals surface area contributed by atoms with Crippen LogP contribution < -0.4 is 10.1 Å². The molecule has 6 heteroatoms. The quantitative estimate of drug-likeness (QED) is 0.417. The topological polar surface area (TPSA) is 64.4 Å². The number of nitrogens with one attached hydrogen (secondary N) is 1. The van der Waals surface area contributed by atoms with Gasteiger partial charge in [0.05, 0.1) is 4.92 Å². The number of halogens is 1. The van der Waals surface area contributed by atoms with Gasteiger partial charge in [0.15, 0.2) is 0 Å². The van der Waals surface area contributed by atoms with E-state index in [9.17, 15) is 10.1 Å². The maximum atomic E-state index is 10.7. The average Bonchev–Trinajstić information content (AvgIpc) is 2.68. The van der Waals surface area contributed by atoms with E-state index in [0.29, 0.717) is 13.2 Å². The molecule has 3 aromatic carbocycles. The minimum absolute atomic E-state index is 0.0723. The fraction of sp³-hybridized carbons (Fsp3) is 0.143. The molecule has 0 saturated heterocycles. The van der Waals surface area contributed by atoms with Crippen LogP contribution in [0.3, 0.4) is 0 Å². The van der Waals surface area contributed by atoms with E-state index in [1.807, 2.05) is 49.4 Å². The second kappa shape index (κ2) is 8.56. The van der Waals surface area contributed by atoms with Crippen molar-refractivity contribution in [3.8, 4) is 5.75 Å². The highest BCUT2D eigenvalue weighted by Gasteiger charge is 2.05. The number of non-ortho nitro benzene ring substituents is 1. The lowest BCUT2D eigenvalue weighted by atomic mass is 10.1. The normalized spacial score (nSPS) is 10.4. The van der Waals surface area contributed by atoms with Crippen LogP contribution in [0.2, 0.25) is 5.02 Å². The van der Waals surface area contributed by atoms with Gasteiger partial charge in [-0.05, 0) is 60.0 Å². The van der Waals surface area contributed by atoms with Gasteiger partial charge in [0.25, 0.3) is 5.69 Å². The Kier molecular flexibility index (Phi) is 5.94. The molecule has 0 aliphatic carbocycles. The fourth-order valence-electron chi connectivity index (χ4n) is 2.62. The predicted molar refractivity (Wildman–Crippen MR) is 107 cm³/mol. The molecule has 0 saturated carbocycles. The molecule has 0 aromatic heterocycles. The molecule has 0 fully saturated rings. The highest BCUT2D eigenvalue weighted by molar-refractivity contribution is 6.31. The number of nitro benzene ring substituents is 1. The molecule has 0 amide bonds. The number of rotatable bonds is 7. The zero-order chi connectivity index (χ0) is 19.2. The van der Waals surface area contributed by atoms with Crippen molar-refractivity contribution in [2.45, 2.75) is 20.1 Å². The Morgan fingerprint density at radius 1 is 1.04 bits per heavy atom. The standard InChI is InChI=1S/C21H19ClN2O3/c1-15-20(22)6-3-7-21(15)23-13-17-4-2-5-19(12-17)27-14-16-8-10-18(11-9-16)24(25)26/h2-12,23H,13-14H2,1H3. The summed E-state index contributed by atoms with van der Waals surface area (Å²) in [6, 6.07) is 20.0. The molecule has 0 radical (unpaired) electrons. The minimum Gasteiger partial charge on any atom is -0.489 e. The Morgan fingerprint density at radius 2 is 1.78 bits per heavy atom. The lowest BCUT2D eigenvalue weighted by molar-refractivity contribution is -0.384. The molecule has 0 aliphatic heterocycles. The van der Waals surface area contributed by atoms with E-state index in [-0.39, 0.29) is 5.69 Å². The first kappa shape index (κ1) is 18.7. The first-order chi connectivity index (χ1) is 13.0. The van der Waals surface area contributed by atoms with Gasteiger partial charge < -0.3 is 10.1 Å². The van der Waals surface area contributed by atoms with Crippen LogP contribution in [0.5, 0.6) is 5.75 Å². The average molecular weight is 383 g/mol. The van der Waals surface area contributed by atoms with E-state index in [2.05, 4.69) is 5.32 Å². The van der Waals surface area contributed by atoms with Gasteiger partial charge >= 0.3 is 0 Å². The van der Waals surface area contributed by atoms with Crippen LogP contribution in [0.1, 0.15) is 16.7 Å². The molecule has 0 aliphatic rings. The van der Waals surface area contributed by atoms with Crippen LogP contribution in [0.4, 0.5) is 11.4 Å². The molecule has 3 aromatic rings. The molecule has 0 atom stereocenters. The number of hydrogen-bond acceptors (Lipinski definition) is 4. The highest BCUT2D eigenvalue weighted by Crippen LogP contribution is 2.24. The van der Waals surface area contributed by atoms with Crippen molar-refractivity contribution in [3.05, 3.63) is 98.6 Å². The highest BCUT2D eigenvalue weighted by atomic mass is 35.5. The predicted octanol–water partition coefficient (Wildman–Crippen LogP) is 5.75. The minimum atomic E-state index is -0.414. The van der Waals surface area contributed by atoms with Crippen LogP contribution in [-0.2, 0) is 13.2 Å². The summed E-state index contributed by atoms with van der Waals surface area (Å²) in [5.74, 6) is 0.746. The zero-order valence-electron chi connectivity index (χ0n) is 14.8. The summed E-state index contributed by atoms with van der Waals surface area (Å²) < 4.78 is 5.81. The number of nitro groups is 1. The van der Waals surface area contributed by atoms with Crippen LogP contribution in [0, 0.1) is 17.0 Å². The van der Waals surface area contributed by atoms with E-state index in [4.69, 9.17) is 16.3 Å². The number of benzene rings is 3. The summed E-state index contributed by atoms with van der Waals surface area (Å²) in [4.78, 5) is 10.3. The molecule has 27 heavy (non-hydrogen) atoms. The van der Waals surface area contributed by atoms with Crippen molar-refractivity contribution in [2.24, 2.45) is 0 Å². The Labute approximate surface area is 162 Å². The Bertz CT molecular complexity index is 942. The lowest BCUT2D eigenvalue weighted by Gasteiger charge is -2.12. The smallest absolute Gasteiger partial charge is 0.269 e. The van der Waals surface area contributed by atoms with Gasteiger partial charge in [0.1, 0.15) is 12.4 Å². The summed E-state index contributed by atoms with van der Waals surface area (Å²) in [5, 5.41) is 14.8. The van der Waals surface area contributed by atoms with Gasteiger partial charge in [-0.3, -0.25) is 10.1 Å². The number of anilines is 1. The Hall–Kier alpha value is -3.05. The van der Waals surface area contributed by atoms with E-state index < -0.39 is 4.92 Å². The van der Waals surface area contributed by atoms with E-state index in [0.717, 1.165) is 33.1 Å². The Morgan fingerprint density at radius 3 is 2.52 bits per heavy atom. The van der Waals surface area contributed by atoms with Gasteiger partial charge in [-0.2, -0.15) is 0 Å². The molecular weight excluding hydrogens is 364 g/mol. The summed E-state index contributed by atoms with van der Waals surface area (Å²) in [6.45, 7) is 2.98. The molecule has 0 spiro atoms. The molecular formula is C21H19ClN2O3. The van der Waals surface area contributed by atoms with Crippen molar-refractivity contribution in [3.63, 3.8) is 0 Å². The maximum Gasteiger partial charge on any atom is 0.269 e. The Balaban J connectivity index is 1.60. The first-order valence-corrected chi connectivity index (χ1v) is 8.85. The molecule has 0 bridgehead atoms. The van der Waals surface area contributed by atoms with Gasteiger partial charge in [-0.15, -0.1) is 0 Å². The second-order valence-corrected chi connectivity index (χ2v) is 6.53. The van der Waals surface area contributed by atoms with E-state index in [1.165, 1.54) is 12.1 Å². The van der Waals surface area contributed by atoms with Crippen molar-refractivity contribution >= 4 is 23.0 Å². The number of hydrogen-bond donors (Lipinski definition) is 1. The summed E-state index contributed by atoms with van der Waals surface area (Å²) in [7, 11) is 0. The van der Waals surface area contributed by atoms with Gasteiger partial charge in [0, 0.05) is 29.4 Å². The van der Waals surface area contributed by atoms with Crippen molar-refractivity contribution in [1.82, 2.24) is 0 Å². The van der Waals surface area contributed by atoms with Crippen molar-refractivity contribution < 1.29 is 9.66 Å². The summed E-state index contributed by atoms with van der Waals surface area (Å²) in [5.41, 5.74) is 4.04. The molecule has 3 rings (SSSR count). The summed E-state index contributed by atoms with van der Waals surface area (Å²) >= 11 is 6.15. The maximum absolute atomic E-state index is 10.7. The second-order valence-electron chi connectivity index (χ2n) is 6.13. The molecule has 138 valence electrons. The van der Waals surface area contributed by atoms with Gasteiger partial charge in [0.2, 0.25) is 0 Å². The molecule has 1 N–H and O–H groups in total. The third-order valence-corrected chi connectivity index (χ3v) is 4.61. The van der Waals surface area contributed by atoms with E-state index >= 15 is 0 Å². The van der Waals surface area contributed by atoms with Crippen molar-refractivity contribution in [1.29, 1.82) is 0 Å². The zero-order valence-corrected chi connectivity index (χ0v) is 15.6. The SMILES string of the molecule is Cc1c(Cl)cccc1NCc1cccc(OCc2ccc([N+](=O)[O-])cc2)c1. The van der Waals surface area contributed by atoms with Crippen molar-refractivity contribution in [2.75, 3.05) is 5.32 Å². The molecule has 0 heterocycles. The lowest BCUT2D eigenvalue weighted by Crippen LogP contribution is -2.02. The van der Waals surface area contributed by atoms with Crippen LogP contribution in [0.15, 0.2) is 66.7 Å². The van der Waals surface area contributed by atoms with Crippen LogP contribution in [0.25, 0.3) is 0 Å². The van der Waals surface area contributed by atoms with Crippen LogP contribution >= 0.6 is 11.6 Å². The molecule has 0 unspecified atom stereocenters. The third-order valence-electron chi connectivity index (χ3n) is 4.20. The third kappa shape index (κ3) is 4.99. The first-order valence-electron chi connectivity index (χ1n) is 8.47. The monoisotopic (exact) mass is 382 g/mol. The van der Waals surface area contributed by atoms with Crippen LogP contribution in [-0.4, -0.2) is 4.92 Å². The molecule has 5 nitrogen and oxygen atoms in total. The number of ether oxygens (including phenoxy) is 1.